The van der Waals surface area contributed by atoms with Gasteiger partial charge in [-0.3, -0.25) is 9.48 Å². The predicted molar refractivity (Wildman–Crippen MR) is 69.2 cm³/mol. The largest absolute Gasteiger partial charge is 0.350 e. The number of piperazine rings is 1. The molecule has 0 bridgehead atoms. The van der Waals surface area contributed by atoms with Crippen molar-refractivity contribution in [1.82, 2.24) is 25.7 Å². The van der Waals surface area contributed by atoms with Crippen LogP contribution in [0.5, 0.6) is 0 Å². The molecule has 1 amide bonds. The first-order chi connectivity index (χ1) is 8.59. The van der Waals surface area contributed by atoms with Crippen LogP contribution in [0.25, 0.3) is 0 Å². The maximum absolute atomic E-state index is 12.0. The van der Waals surface area contributed by atoms with Crippen LogP contribution in [0.15, 0.2) is 0 Å². The third-order valence-corrected chi connectivity index (χ3v) is 3.46. The lowest BCUT2D eigenvalue weighted by atomic mass is 10.2. The third kappa shape index (κ3) is 2.70. The van der Waals surface area contributed by atoms with Crippen LogP contribution in [0, 0.1) is 13.8 Å². The van der Waals surface area contributed by atoms with E-state index < -0.39 is 0 Å². The van der Waals surface area contributed by atoms with Crippen molar-refractivity contribution in [3.63, 3.8) is 0 Å². The number of carbonyl (C=O) groups excluding carboxylic acids is 1. The molecule has 1 fully saturated rings. The molecule has 0 spiro atoms. The van der Waals surface area contributed by atoms with Crippen molar-refractivity contribution >= 4 is 5.91 Å². The van der Waals surface area contributed by atoms with E-state index in [0.29, 0.717) is 13.1 Å². The summed E-state index contributed by atoms with van der Waals surface area (Å²) >= 11 is 0. The molecule has 0 aliphatic carbocycles. The highest BCUT2D eigenvalue weighted by atomic mass is 16.2. The minimum absolute atomic E-state index is 0.0462. The van der Waals surface area contributed by atoms with E-state index in [9.17, 15) is 4.79 Å². The van der Waals surface area contributed by atoms with Gasteiger partial charge in [-0.05, 0) is 13.8 Å². The summed E-state index contributed by atoms with van der Waals surface area (Å²) in [6.45, 7) is 6.98. The topological polar surface area (TPSA) is 71.0 Å². The lowest BCUT2D eigenvalue weighted by Gasteiger charge is -2.23. The van der Waals surface area contributed by atoms with Crippen molar-refractivity contribution in [1.29, 1.82) is 0 Å². The molecule has 0 saturated carbocycles. The van der Waals surface area contributed by atoms with Gasteiger partial charge in [-0.1, -0.05) is 0 Å². The lowest BCUT2D eigenvalue weighted by Crippen LogP contribution is -2.55. The van der Waals surface area contributed by atoms with Crippen LogP contribution >= 0.6 is 0 Å². The molecule has 100 valence electrons. The summed E-state index contributed by atoms with van der Waals surface area (Å²) in [4.78, 5) is 12.0. The molecule has 0 aromatic carbocycles. The molecular weight excluding hydrogens is 230 g/mol. The van der Waals surface area contributed by atoms with Gasteiger partial charge in [0, 0.05) is 44.5 Å². The van der Waals surface area contributed by atoms with Gasteiger partial charge in [0.05, 0.1) is 11.7 Å². The van der Waals surface area contributed by atoms with Crippen LogP contribution in [0.3, 0.4) is 0 Å². The molecule has 2 heterocycles. The summed E-state index contributed by atoms with van der Waals surface area (Å²) < 4.78 is 1.84. The number of hydrogen-bond donors (Lipinski definition) is 3. The van der Waals surface area contributed by atoms with Crippen LogP contribution in [0.2, 0.25) is 0 Å². The van der Waals surface area contributed by atoms with Gasteiger partial charge in [-0.25, -0.2) is 0 Å². The Morgan fingerprint density at radius 1 is 1.50 bits per heavy atom. The van der Waals surface area contributed by atoms with Gasteiger partial charge in [0.2, 0.25) is 5.91 Å². The molecule has 1 saturated heterocycles. The summed E-state index contributed by atoms with van der Waals surface area (Å²) in [5.41, 5.74) is 3.18. The number of amides is 1. The van der Waals surface area contributed by atoms with Gasteiger partial charge in [-0.2, -0.15) is 5.10 Å². The molecule has 0 radical (unpaired) electrons. The average molecular weight is 251 g/mol. The van der Waals surface area contributed by atoms with E-state index in [-0.39, 0.29) is 11.9 Å². The highest BCUT2D eigenvalue weighted by Crippen LogP contribution is 2.11. The second-order valence-corrected chi connectivity index (χ2v) is 4.70. The van der Waals surface area contributed by atoms with Crippen molar-refractivity contribution in [3.05, 3.63) is 17.0 Å². The monoisotopic (exact) mass is 251 g/mol. The fraction of sp³-hybridized carbons (Fsp3) is 0.667. The fourth-order valence-corrected chi connectivity index (χ4v) is 2.21. The van der Waals surface area contributed by atoms with E-state index in [0.717, 1.165) is 30.0 Å². The fourth-order valence-electron chi connectivity index (χ4n) is 2.21. The van der Waals surface area contributed by atoms with Crippen molar-refractivity contribution in [2.45, 2.75) is 26.4 Å². The van der Waals surface area contributed by atoms with Crippen LogP contribution in [-0.2, 0) is 18.4 Å². The Kier molecular flexibility index (Phi) is 3.98. The zero-order valence-electron chi connectivity index (χ0n) is 11.2. The molecule has 18 heavy (non-hydrogen) atoms. The third-order valence-electron chi connectivity index (χ3n) is 3.46. The number of hydrogen-bond acceptors (Lipinski definition) is 4. The molecule has 1 aliphatic rings. The van der Waals surface area contributed by atoms with E-state index in [1.54, 1.807) is 0 Å². The summed E-state index contributed by atoms with van der Waals surface area (Å²) in [5.74, 6) is 0.0462. The van der Waals surface area contributed by atoms with Crippen LogP contribution in [0.4, 0.5) is 0 Å². The number of carbonyl (C=O) groups is 1. The Bertz CT molecular complexity index is 434. The number of aryl methyl sites for hydroxylation is 2. The summed E-state index contributed by atoms with van der Waals surface area (Å²) in [7, 11) is 1.92. The van der Waals surface area contributed by atoms with Crippen LogP contribution in [-0.4, -0.2) is 41.4 Å². The minimum atomic E-state index is -0.129. The molecule has 1 aromatic heterocycles. The van der Waals surface area contributed by atoms with Gasteiger partial charge in [0.1, 0.15) is 0 Å². The first-order valence-electron chi connectivity index (χ1n) is 6.30. The lowest BCUT2D eigenvalue weighted by molar-refractivity contribution is -0.123. The zero-order chi connectivity index (χ0) is 13.1. The van der Waals surface area contributed by atoms with E-state index in [1.807, 2.05) is 25.6 Å². The number of rotatable bonds is 3. The van der Waals surface area contributed by atoms with E-state index in [4.69, 9.17) is 0 Å². The Morgan fingerprint density at radius 2 is 2.28 bits per heavy atom. The van der Waals surface area contributed by atoms with Gasteiger partial charge in [0.25, 0.3) is 0 Å². The Morgan fingerprint density at radius 3 is 2.83 bits per heavy atom. The maximum Gasteiger partial charge on any atom is 0.238 e. The van der Waals surface area contributed by atoms with E-state index >= 15 is 0 Å². The smallest absolute Gasteiger partial charge is 0.238 e. The second-order valence-electron chi connectivity index (χ2n) is 4.70. The molecule has 1 atom stereocenters. The van der Waals surface area contributed by atoms with Gasteiger partial charge >= 0.3 is 0 Å². The Labute approximate surface area is 107 Å². The molecule has 2 rings (SSSR count). The van der Waals surface area contributed by atoms with Gasteiger partial charge < -0.3 is 16.0 Å². The first kappa shape index (κ1) is 13.0. The first-order valence-corrected chi connectivity index (χ1v) is 6.30. The number of nitrogens with one attached hydrogen (secondary N) is 3. The Balaban J connectivity index is 1.92. The summed E-state index contributed by atoms with van der Waals surface area (Å²) in [5, 5.41) is 13.7. The average Bonchev–Trinajstić information content (AvgIpc) is 2.62. The molecule has 6 nitrogen and oxygen atoms in total. The molecule has 1 aromatic rings. The van der Waals surface area contributed by atoms with E-state index in [2.05, 4.69) is 21.0 Å². The van der Waals surface area contributed by atoms with Crippen LogP contribution < -0.4 is 16.0 Å². The van der Waals surface area contributed by atoms with Crippen LogP contribution in [0.1, 0.15) is 17.0 Å². The minimum Gasteiger partial charge on any atom is -0.350 e. The molecule has 6 heteroatoms. The number of nitrogens with zero attached hydrogens (tertiary/aromatic N) is 2. The normalized spacial score (nSPS) is 19.8. The van der Waals surface area contributed by atoms with E-state index in [1.165, 1.54) is 0 Å². The molecule has 3 N–H and O–H groups in total. The number of aromatic nitrogens is 2. The van der Waals surface area contributed by atoms with Gasteiger partial charge in [-0.15, -0.1) is 0 Å². The van der Waals surface area contributed by atoms with Gasteiger partial charge in [0.15, 0.2) is 0 Å². The second kappa shape index (κ2) is 5.49. The van der Waals surface area contributed by atoms with Crippen molar-refractivity contribution < 1.29 is 4.79 Å². The highest BCUT2D eigenvalue weighted by Gasteiger charge is 2.20. The quantitative estimate of drug-likeness (QED) is 0.659. The highest BCUT2D eigenvalue weighted by molar-refractivity contribution is 5.82. The predicted octanol–water partition coefficient (Wildman–Crippen LogP) is -0.785. The molecular formula is C12H21N5O. The summed E-state index contributed by atoms with van der Waals surface area (Å²) in [6, 6.07) is -0.129. The maximum atomic E-state index is 12.0. The summed E-state index contributed by atoms with van der Waals surface area (Å²) in [6.07, 6.45) is 0. The standard InChI is InChI=1S/C12H21N5O/c1-8-10(9(2)17(3)16-8)6-15-12(18)11-7-13-4-5-14-11/h11,13-14H,4-7H2,1-3H3,(H,15,18). The van der Waals surface area contributed by atoms with Crippen molar-refractivity contribution in [2.24, 2.45) is 7.05 Å². The Hall–Kier alpha value is -1.40. The zero-order valence-corrected chi connectivity index (χ0v) is 11.2. The SMILES string of the molecule is Cc1nn(C)c(C)c1CNC(=O)C1CNCCN1. The van der Waals surface area contributed by atoms with Crippen molar-refractivity contribution in [2.75, 3.05) is 19.6 Å². The van der Waals surface area contributed by atoms with Crippen molar-refractivity contribution in [3.8, 4) is 0 Å². The molecule has 1 unspecified atom stereocenters. The molecule has 1 aliphatic heterocycles.